The van der Waals surface area contributed by atoms with Crippen LogP contribution in [-0.2, 0) is 16.4 Å². The Bertz CT molecular complexity index is 619. The van der Waals surface area contributed by atoms with Crippen LogP contribution in [0.25, 0.3) is 0 Å². The molecule has 0 bridgehead atoms. The zero-order valence-corrected chi connectivity index (χ0v) is 12.9. The third-order valence-corrected chi connectivity index (χ3v) is 5.38. The van der Waals surface area contributed by atoms with E-state index in [1.807, 2.05) is 0 Å². The zero-order chi connectivity index (χ0) is 14.8. The van der Waals surface area contributed by atoms with Crippen LogP contribution in [0.1, 0.15) is 12.0 Å². The first-order valence-corrected chi connectivity index (χ1v) is 8.62. The molecule has 1 heterocycles. The number of benzene rings is 1. The predicted octanol–water partition coefficient (Wildman–Crippen LogP) is 1.98. The molecule has 1 aromatic rings. The van der Waals surface area contributed by atoms with E-state index in [0.29, 0.717) is 16.5 Å². The summed E-state index contributed by atoms with van der Waals surface area (Å²) in [6.07, 6.45) is 0.456. The molecule has 1 aromatic carbocycles. The van der Waals surface area contributed by atoms with Gasteiger partial charge in [0.05, 0.1) is 11.5 Å². The average Bonchev–Trinajstić information content (AvgIpc) is 2.67. The normalized spacial score (nSPS) is 20.6. The summed E-state index contributed by atoms with van der Waals surface area (Å²) in [5, 5.41) is 6.28. The Morgan fingerprint density at radius 2 is 2.10 bits per heavy atom. The molecular formula is C12H14Cl2N2O3S. The van der Waals surface area contributed by atoms with Crippen molar-refractivity contribution in [2.45, 2.75) is 19.0 Å². The Morgan fingerprint density at radius 3 is 2.70 bits per heavy atom. The maximum atomic E-state index is 11.7. The SMILES string of the molecule is O=C(NCc1ccc(Cl)cc1Cl)NC1CCS(=O)(=O)C1. The maximum Gasteiger partial charge on any atom is 0.315 e. The van der Waals surface area contributed by atoms with Gasteiger partial charge >= 0.3 is 6.03 Å². The molecule has 20 heavy (non-hydrogen) atoms. The van der Waals surface area contributed by atoms with Crippen molar-refractivity contribution >= 4 is 39.1 Å². The molecule has 8 heteroatoms. The minimum atomic E-state index is -3.00. The van der Waals surface area contributed by atoms with Crippen LogP contribution >= 0.6 is 23.2 Å². The summed E-state index contributed by atoms with van der Waals surface area (Å²) in [6, 6.07) is 4.29. The molecule has 0 saturated carbocycles. The molecule has 1 saturated heterocycles. The second-order valence-corrected chi connectivity index (χ2v) is 7.74. The van der Waals surface area contributed by atoms with Crippen LogP contribution in [0.3, 0.4) is 0 Å². The summed E-state index contributed by atoms with van der Waals surface area (Å²) >= 11 is 11.8. The number of hydrogen-bond acceptors (Lipinski definition) is 3. The second kappa shape index (κ2) is 6.20. The Kier molecular flexibility index (Phi) is 4.78. The van der Waals surface area contributed by atoms with Crippen molar-refractivity contribution in [1.29, 1.82) is 0 Å². The molecule has 110 valence electrons. The fraction of sp³-hybridized carbons (Fsp3) is 0.417. The minimum absolute atomic E-state index is 0.00210. The largest absolute Gasteiger partial charge is 0.334 e. The molecule has 0 aromatic heterocycles. The van der Waals surface area contributed by atoms with E-state index in [9.17, 15) is 13.2 Å². The van der Waals surface area contributed by atoms with Gasteiger partial charge < -0.3 is 10.6 Å². The van der Waals surface area contributed by atoms with Gasteiger partial charge in [-0.3, -0.25) is 0 Å². The van der Waals surface area contributed by atoms with E-state index in [0.717, 1.165) is 5.56 Å². The van der Waals surface area contributed by atoms with Crippen LogP contribution in [-0.4, -0.2) is 32.0 Å². The van der Waals surface area contributed by atoms with Gasteiger partial charge in [-0.15, -0.1) is 0 Å². The smallest absolute Gasteiger partial charge is 0.315 e. The highest BCUT2D eigenvalue weighted by Crippen LogP contribution is 2.20. The number of hydrogen-bond donors (Lipinski definition) is 2. The summed E-state index contributed by atoms with van der Waals surface area (Å²) < 4.78 is 22.6. The number of rotatable bonds is 3. The Labute approximate surface area is 127 Å². The number of carbonyl (C=O) groups is 1. The quantitative estimate of drug-likeness (QED) is 0.886. The lowest BCUT2D eigenvalue weighted by Crippen LogP contribution is -2.42. The number of carbonyl (C=O) groups excluding carboxylic acids is 1. The highest BCUT2D eigenvalue weighted by Gasteiger charge is 2.28. The van der Waals surface area contributed by atoms with Gasteiger partial charge in [-0.1, -0.05) is 29.3 Å². The molecule has 0 radical (unpaired) electrons. The highest BCUT2D eigenvalue weighted by atomic mass is 35.5. The zero-order valence-electron chi connectivity index (χ0n) is 10.5. The molecule has 1 fully saturated rings. The third-order valence-electron chi connectivity index (χ3n) is 3.02. The lowest BCUT2D eigenvalue weighted by atomic mass is 10.2. The second-order valence-electron chi connectivity index (χ2n) is 4.66. The molecule has 1 atom stereocenters. The van der Waals surface area contributed by atoms with E-state index in [-0.39, 0.29) is 24.1 Å². The summed E-state index contributed by atoms with van der Waals surface area (Å²) in [6.45, 7) is 0.251. The van der Waals surface area contributed by atoms with Gasteiger partial charge in [0, 0.05) is 22.6 Å². The van der Waals surface area contributed by atoms with Gasteiger partial charge in [0.15, 0.2) is 9.84 Å². The van der Waals surface area contributed by atoms with E-state index < -0.39 is 15.9 Å². The van der Waals surface area contributed by atoms with Gasteiger partial charge in [-0.25, -0.2) is 13.2 Å². The van der Waals surface area contributed by atoms with Gasteiger partial charge in [-0.05, 0) is 24.1 Å². The topological polar surface area (TPSA) is 75.3 Å². The summed E-state index contributed by atoms with van der Waals surface area (Å²) in [5.74, 6) is 0.128. The Morgan fingerprint density at radius 1 is 1.35 bits per heavy atom. The first-order chi connectivity index (χ1) is 9.35. The number of amides is 2. The molecule has 2 amide bonds. The minimum Gasteiger partial charge on any atom is -0.334 e. The maximum absolute atomic E-state index is 11.7. The van der Waals surface area contributed by atoms with E-state index in [2.05, 4.69) is 10.6 Å². The van der Waals surface area contributed by atoms with Crippen molar-refractivity contribution in [3.8, 4) is 0 Å². The van der Waals surface area contributed by atoms with Crippen molar-refractivity contribution in [2.24, 2.45) is 0 Å². The van der Waals surface area contributed by atoms with Crippen LogP contribution in [0, 0.1) is 0 Å². The Balaban J connectivity index is 1.84. The molecular weight excluding hydrogens is 323 g/mol. The fourth-order valence-electron chi connectivity index (χ4n) is 1.99. The van der Waals surface area contributed by atoms with Crippen LogP contribution in [0.5, 0.6) is 0 Å². The van der Waals surface area contributed by atoms with Crippen molar-refractivity contribution in [3.63, 3.8) is 0 Å². The van der Waals surface area contributed by atoms with Crippen LogP contribution < -0.4 is 10.6 Å². The number of halogens is 2. The monoisotopic (exact) mass is 336 g/mol. The predicted molar refractivity (Wildman–Crippen MR) is 78.9 cm³/mol. The van der Waals surface area contributed by atoms with Crippen LogP contribution in [0.4, 0.5) is 4.79 Å². The molecule has 2 N–H and O–H groups in total. The van der Waals surface area contributed by atoms with E-state index in [4.69, 9.17) is 23.2 Å². The summed E-state index contributed by atoms with van der Waals surface area (Å²) in [4.78, 5) is 11.7. The van der Waals surface area contributed by atoms with E-state index in [1.165, 1.54) is 0 Å². The van der Waals surface area contributed by atoms with Crippen molar-refractivity contribution in [1.82, 2.24) is 10.6 Å². The molecule has 0 aliphatic carbocycles. The van der Waals surface area contributed by atoms with E-state index in [1.54, 1.807) is 18.2 Å². The molecule has 1 aliphatic heterocycles. The molecule has 5 nitrogen and oxygen atoms in total. The number of nitrogens with one attached hydrogen (secondary N) is 2. The van der Waals surface area contributed by atoms with Crippen LogP contribution in [0.15, 0.2) is 18.2 Å². The van der Waals surface area contributed by atoms with Crippen molar-refractivity contribution < 1.29 is 13.2 Å². The van der Waals surface area contributed by atoms with Gasteiger partial charge in [0.2, 0.25) is 0 Å². The summed E-state index contributed by atoms with van der Waals surface area (Å²) in [7, 11) is -3.00. The molecule has 1 unspecified atom stereocenters. The van der Waals surface area contributed by atoms with Crippen molar-refractivity contribution in [3.05, 3.63) is 33.8 Å². The number of urea groups is 1. The van der Waals surface area contributed by atoms with Gasteiger partial charge in [0.25, 0.3) is 0 Å². The van der Waals surface area contributed by atoms with Crippen LogP contribution in [0.2, 0.25) is 10.0 Å². The standard InChI is InChI=1S/C12H14Cl2N2O3S/c13-9-2-1-8(11(14)5-9)6-15-12(17)16-10-3-4-20(18,19)7-10/h1-2,5,10H,3-4,6-7H2,(H2,15,16,17). The lowest BCUT2D eigenvalue weighted by molar-refractivity contribution is 0.237. The average molecular weight is 337 g/mol. The molecule has 1 aliphatic rings. The summed E-state index contributed by atoms with van der Waals surface area (Å²) in [5.41, 5.74) is 0.741. The van der Waals surface area contributed by atoms with E-state index >= 15 is 0 Å². The number of sulfone groups is 1. The Hall–Kier alpha value is -0.980. The van der Waals surface area contributed by atoms with Gasteiger partial charge in [-0.2, -0.15) is 0 Å². The molecule has 0 spiro atoms. The first-order valence-electron chi connectivity index (χ1n) is 6.04. The highest BCUT2D eigenvalue weighted by molar-refractivity contribution is 7.91. The first kappa shape index (κ1) is 15.4. The van der Waals surface area contributed by atoms with Crippen molar-refractivity contribution in [2.75, 3.05) is 11.5 Å². The third kappa shape index (κ3) is 4.26. The fourth-order valence-corrected chi connectivity index (χ4v) is 4.13. The van der Waals surface area contributed by atoms with Gasteiger partial charge in [0.1, 0.15) is 0 Å². The lowest BCUT2D eigenvalue weighted by Gasteiger charge is -2.12. The molecule has 2 rings (SSSR count).